The van der Waals surface area contributed by atoms with E-state index in [0.717, 1.165) is 21.4 Å². The minimum absolute atomic E-state index is 0.0411. The fourth-order valence-electron chi connectivity index (χ4n) is 2.18. The van der Waals surface area contributed by atoms with Gasteiger partial charge in [0.15, 0.2) is 11.0 Å². The molecule has 0 aliphatic carbocycles. The van der Waals surface area contributed by atoms with Crippen LogP contribution in [-0.4, -0.2) is 25.9 Å². The molecule has 0 bridgehead atoms. The summed E-state index contributed by atoms with van der Waals surface area (Å²) in [6.07, 6.45) is 0. The SMILES string of the molecule is CC(Sc1nnc(-c2cccs2)n1C)C(=O)NCc1ccc(Cl)cc1. The molecule has 0 saturated carbocycles. The molecular formula is C17H17ClN4OS2. The van der Waals surface area contributed by atoms with Crippen LogP contribution < -0.4 is 5.32 Å². The molecule has 0 aliphatic rings. The summed E-state index contributed by atoms with van der Waals surface area (Å²) in [5, 5.41) is 14.5. The molecule has 0 spiro atoms. The molecule has 2 heterocycles. The predicted molar refractivity (Wildman–Crippen MR) is 103 cm³/mol. The molecule has 0 aliphatic heterocycles. The molecule has 25 heavy (non-hydrogen) atoms. The molecule has 3 aromatic rings. The van der Waals surface area contributed by atoms with Crippen LogP contribution >= 0.6 is 34.7 Å². The van der Waals surface area contributed by atoms with E-state index < -0.39 is 0 Å². The maximum absolute atomic E-state index is 12.3. The van der Waals surface area contributed by atoms with Crippen LogP contribution in [0, 0.1) is 0 Å². The molecule has 0 radical (unpaired) electrons. The van der Waals surface area contributed by atoms with Crippen LogP contribution in [0.25, 0.3) is 10.7 Å². The molecule has 3 rings (SSSR count). The second-order valence-electron chi connectivity index (χ2n) is 5.45. The first kappa shape index (κ1) is 18.0. The van der Waals surface area contributed by atoms with Crippen LogP contribution in [0.3, 0.4) is 0 Å². The number of aromatic nitrogens is 3. The van der Waals surface area contributed by atoms with E-state index in [1.807, 2.05) is 60.3 Å². The van der Waals surface area contributed by atoms with Crippen molar-refractivity contribution in [1.82, 2.24) is 20.1 Å². The number of rotatable bonds is 6. The molecule has 1 atom stereocenters. The number of carbonyl (C=O) groups excluding carboxylic acids is 1. The van der Waals surface area contributed by atoms with E-state index in [2.05, 4.69) is 15.5 Å². The zero-order valence-corrected chi connectivity index (χ0v) is 16.2. The van der Waals surface area contributed by atoms with Crippen molar-refractivity contribution in [2.75, 3.05) is 0 Å². The topological polar surface area (TPSA) is 59.8 Å². The van der Waals surface area contributed by atoms with Crippen LogP contribution in [0.1, 0.15) is 12.5 Å². The number of nitrogens with zero attached hydrogens (tertiary/aromatic N) is 3. The van der Waals surface area contributed by atoms with Gasteiger partial charge in [-0.2, -0.15) is 0 Å². The first-order chi connectivity index (χ1) is 12.0. The summed E-state index contributed by atoms with van der Waals surface area (Å²) in [6.45, 7) is 2.33. The summed E-state index contributed by atoms with van der Waals surface area (Å²) in [5.74, 6) is 0.770. The zero-order valence-electron chi connectivity index (χ0n) is 13.8. The van der Waals surface area contributed by atoms with Crippen molar-refractivity contribution < 1.29 is 4.79 Å². The minimum Gasteiger partial charge on any atom is -0.351 e. The highest BCUT2D eigenvalue weighted by Crippen LogP contribution is 2.28. The van der Waals surface area contributed by atoms with E-state index in [-0.39, 0.29) is 11.2 Å². The van der Waals surface area contributed by atoms with Gasteiger partial charge in [0, 0.05) is 18.6 Å². The highest BCUT2D eigenvalue weighted by Gasteiger charge is 2.19. The third-order valence-corrected chi connectivity index (χ3v) is 5.86. The molecule has 130 valence electrons. The third-order valence-electron chi connectivity index (χ3n) is 3.61. The van der Waals surface area contributed by atoms with Crippen LogP contribution in [0.4, 0.5) is 0 Å². The molecule has 0 fully saturated rings. The number of benzene rings is 1. The predicted octanol–water partition coefficient (Wildman–Crippen LogP) is 3.99. The second-order valence-corrected chi connectivity index (χ2v) is 8.14. The number of thioether (sulfide) groups is 1. The lowest BCUT2D eigenvalue weighted by atomic mass is 10.2. The molecule has 1 aromatic carbocycles. The Morgan fingerprint density at radius 1 is 1.32 bits per heavy atom. The van der Waals surface area contributed by atoms with Gasteiger partial charge in [-0.3, -0.25) is 4.79 Å². The number of nitrogens with one attached hydrogen (secondary N) is 1. The van der Waals surface area contributed by atoms with Crippen molar-refractivity contribution in [2.45, 2.75) is 23.9 Å². The minimum atomic E-state index is -0.272. The van der Waals surface area contributed by atoms with Gasteiger partial charge >= 0.3 is 0 Å². The quantitative estimate of drug-likeness (QED) is 0.644. The highest BCUT2D eigenvalue weighted by atomic mass is 35.5. The van der Waals surface area contributed by atoms with Gasteiger partial charge in [-0.1, -0.05) is 41.6 Å². The van der Waals surface area contributed by atoms with E-state index in [1.165, 1.54) is 11.8 Å². The molecule has 0 saturated heterocycles. The molecule has 1 amide bonds. The fourth-order valence-corrected chi connectivity index (χ4v) is 3.89. The van der Waals surface area contributed by atoms with Crippen molar-refractivity contribution in [3.05, 3.63) is 52.4 Å². The van der Waals surface area contributed by atoms with Crippen LogP contribution in [0.2, 0.25) is 5.02 Å². The molecule has 8 heteroatoms. The molecule has 1 N–H and O–H groups in total. The van der Waals surface area contributed by atoms with Crippen LogP contribution in [0.5, 0.6) is 0 Å². The fraction of sp³-hybridized carbons (Fsp3) is 0.235. The summed E-state index contributed by atoms with van der Waals surface area (Å²) < 4.78 is 1.92. The van der Waals surface area contributed by atoms with E-state index in [9.17, 15) is 4.79 Å². The average molecular weight is 393 g/mol. The monoisotopic (exact) mass is 392 g/mol. The van der Waals surface area contributed by atoms with Gasteiger partial charge in [0.05, 0.1) is 10.1 Å². The van der Waals surface area contributed by atoms with Gasteiger partial charge in [0.25, 0.3) is 0 Å². The molecule has 5 nitrogen and oxygen atoms in total. The van der Waals surface area contributed by atoms with Gasteiger partial charge in [-0.15, -0.1) is 21.5 Å². The summed E-state index contributed by atoms with van der Waals surface area (Å²) in [5.41, 5.74) is 1.01. The van der Waals surface area contributed by atoms with Crippen molar-refractivity contribution in [2.24, 2.45) is 7.05 Å². The van der Waals surface area contributed by atoms with E-state index in [0.29, 0.717) is 11.6 Å². The normalized spacial score (nSPS) is 12.1. The standard InChI is InChI=1S/C17H17ClN4OS2/c1-11(16(23)19-10-12-5-7-13(18)8-6-12)25-17-21-20-15(22(17)2)14-4-3-9-24-14/h3-9,11H,10H2,1-2H3,(H,19,23). The largest absolute Gasteiger partial charge is 0.351 e. The van der Waals surface area contributed by atoms with E-state index >= 15 is 0 Å². The lowest BCUT2D eigenvalue weighted by molar-refractivity contribution is -0.120. The van der Waals surface area contributed by atoms with E-state index in [4.69, 9.17) is 11.6 Å². The van der Waals surface area contributed by atoms with Gasteiger partial charge in [0.1, 0.15) is 0 Å². The van der Waals surface area contributed by atoms with Gasteiger partial charge < -0.3 is 9.88 Å². The summed E-state index contributed by atoms with van der Waals surface area (Å²) in [4.78, 5) is 13.4. The Balaban J connectivity index is 1.59. The number of hydrogen-bond donors (Lipinski definition) is 1. The Hall–Kier alpha value is -1.83. The Labute approximate surface area is 159 Å². The number of halogens is 1. The maximum atomic E-state index is 12.3. The Morgan fingerprint density at radius 2 is 2.08 bits per heavy atom. The van der Waals surface area contributed by atoms with Crippen molar-refractivity contribution in [1.29, 1.82) is 0 Å². The first-order valence-corrected chi connectivity index (χ1v) is 9.80. The lowest BCUT2D eigenvalue weighted by Gasteiger charge is -2.11. The van der Waals surface area contributed by atoms with Gasteiger partial charge in [0.2, 0.25) is 5.91 Å². The number of hydrogen-bond acceptors (Lipinski definition) is 5. The van der Waals surface area contributed by atoms with Crippen LogP contribution in [0.15, 0.2) is 46.9 Å². The Morgan fingerprint density at radius 3 is 2.76 bits per heavy atom. The number of amides is 1. The number of carbonyl (C=O) groups is 1. The number of thiophene rings is 1. The third kappa shape index (κ3) is 4.42. The molecule has 2 aromatic heterocycles. The Kier molecular flexibility index (Phi) is 5.78. The lowest BCUT2D eigenvalue weighted by Crippen LogP contribution is -2.30. The van der Waals surface area contributed by atoms with E-state index in [1.54, 1.807) is 11.3 Å². The van der Waals surface area contributed by atoms with Gasteiger partial charge in [-0.05, 0) is 36.1 Å². The zero-order chi connectivity index (χ0) is 17.8. The first-order valence-electron chi connectivity index (χ1n) is 7.66. The van der Waals surface area contributed by atoms with Crippen molar-refractivity contribution in [3.63, 3.8) is 0 Å². The molecular weight excluding hydrogens is 376 g/mol. The Bertz CT molecular complexity index is 846. The smallest absolute Gasteiger partial charge is 0.233 e. The van der Waals surface area contributed by atoms with Crippen molar-refractivity contribution in [3.8, 4) is 10.7 Å². The highest BCUT2D eigenvalue weighted by molar-refractivity contribution is 8.00. The van der Waals surface area contributed by atoms with Crippen LogP contribution in [-0.2, 0) is 18.4 Å². The maximum Gasteiger partial charge on any atom is 0.233 e. The van der Waals surface area contributed by atoms with Gasteiger partial charge in [-0.25, -0.2) is 0 Å². The second kappa shape index (κ2) is 8.03. The van der Waals surface area contributed by atoms with Crippen molar-refractivity contribution >= 4 is 40.6 Å². The summed E-state index contributed by atoms with van der Waals surface area (Å²) in [6, 6.07) is 11.4. The summed E-state index contributed by atoms with van der Waals surface area (Å²) >= 11 is 8.87. The average Bonchev–Trinajstić information content (AvgIpc) is 3.24. The summed E-state index contributed by atoms with van der Waals surface area (Å²) in [7, 11) is 1.91. The molecule has 1 unspecified atom stereocenters.